The van der Waals surface area contributed by atoms with Gasteiger partial charge in [-0.2, -0.15) is 0 Å². The lowest BCUT2D eigenvalue weighted by Gasteiger charge is -2.31. The van der Waals surface area contributed by atoms with Crippen LogP contribution in [0.25, 0.3) is 44.4 Å². The smallest absolute Gasteiger partial charge is 0.407 e. The number of fused-ring (bicyclic) bond motifs is 1. The zero-order chi connectivity index (χ0) is 41.2. The monoisotopic (exact) mass is 792 g/mol. The molecule has 8 rings (SSSR count). The van der Waals surface area contributed by atoms with Gasteiger partial charge in [-0.3, -0.25) is 14.5 Å². The van der Waals surface area contributed by atoms with E-state index in [0.29, 0.717) is 13.1 Å². The van der Waals surface area contributed by atoms with Crippen molar-refractivity contribution in [1.29, 1.82) is 0 Å². The summed E-state index contributed by atoms with van der Waals surface area (Å²) in [6, 6.07) is 30.0. The number of amides is 3. The molecule has 3 amide bonds. The van der Waals surface area contributed by atoms with E-state index >= 15 is 0 Å². The van der Waals surface area contributed by atoms with Crippen molar-refractivity contribution < 1.29 is 19.1 Å². The van der Waals surface area contributed by atoms with E-state index in [0.717, 1.165) is 87.3 Å². The van der Waals surface area contributed by atoms with Crippen LogP contribution in [-0.2, 0) is 14.3 Å². The Hall–Kier alpha value is -6.27. The molecule has 1 unspecified atom stereocenters. The van der Waals surface area contributed by atoms with Crippen LogP contribution in [-0.4, -0.2) is 92.9 Å². The van der Waals surface area contributed by atoms with E-state index in [1.165, 1.54) is 7.11 Å². The highest BCUT2D eigenvalue weighted by atomic mass is 16.5. The van der Waals surface area contributed by atoms with Crippen LogP contribution in [0, 0.1) is 5.92 Å². The summed E-state index contributed by atoms with van der Waals surface area (Å²) in [6.07, 6.45) is 6.55. The summed E-state index contributed by atoms with van der Waals surface area (Å²) in [7, 11) is 5.21. The minimum Gasteiger partial charge on any atom is -0.453 e. The molecule has 2 fully saturated rings. The largest absolute Gasteiger partial charge is 0.453 e. The number of alkyl carbamates (subject to hydrolysis) is 1. The standard InChI is InChI=1S/C47H52N8O4/c1-29(2)41(52-47(58)59-5)45(56)54-23-9-13-39(54)43-49-28-38(51-43)36-22-21-34-25-33(19-20-35(34)26-36)30-15-17-31(18-16-30)37-27-48-44(50-37)40-14-10-24-55(40)46(57)42(53(3)4)32-11-7-6-8-12-32/h6-8,11-12,15-22,25-29,39-42H,9-10,13-14,23-24H2,1-5H3,(H,48,50)(H,49,51)(H,52,58)/t39?,40-,41-,42+/m0/s1. The maximum atomic E-state index is 13.9. The first-order valence-corrected chi connectivity index (χ1v) is 20.5. The number of nitrogens with zero attached hydrogens (tertiary/aromatic N) is 5. The number of likely N-dealkylation sites (tertiary alicyclic amines) is 2. The van der Waals surface area contributed by atoms with Gasteiger partial charge >= 0.3 is 6.09 Å². The summed E-state index contributed by atoms with van der Waals surface area (Å²) < 4.78 is 4.77. The Kier molecular flexibility index (Phi) is 11.3. The first-order chi connectivity index (χ1) is 28.6. The molecule has 3 N–H and O–H groups in total. The number of nitrogens with one attached hydrogen (secondary N) is 3. The molecule has 4 heterocycles. The third kappa shape index (κ3) is 8.09. The van der Waals surface area contributed by atoms with E-state index in [1.54, 1.807) is 0 Å². The quantitative estimate of drug-likeness (QED) is 0.120. The molecule has 0 aliphatic carbocycles. The van der Waals surface area contributed by atoms with Gasteiger partial charge in [-0.1, -0.05) is 92.7 Å². The number of carbonyl (C=O) groups is 3. The predicted octanol–water partition coefficient (Wildman–Crippen LogP) is 8.30. The molecule has 2 aromatic heterocycles. The van der Waals surface area contributed by atoms with Crippen molar-refractivity contribution >= 4 is 28.7 Å². The van der Waals surface area contributed by atoms with Gasteiger partial charge in [0.25, 0.3) is 0 Å². The number of aromatic amines is 2. The van der Waals surface area contributed by atoms with Crippen molar-refractivity contribution in [2.75, 3.05) is 34.3 Å². The molecule has 4 atom stereocenters. The predicted molar refractivity (Wildman–Crippen MR) is 229 cm³/mol. The summed E-state index contributed by atoms with van der Waals surface area (Å²) in [5.41, 5.74) is 7.07. The summed E-state index contributed by atoms with van der Waals surface area (Å²) >= 11 is 0. The van der Waals surface area contributed by atoms with Gasteiger partial charge in [0, 0.05) is 18.7 Å². The van der Waals surface area contributed by atoms with Gasteiger partial charge in [0.15, 0.2) is 0 Å². The first-order valence-electron chi connectivity index (χ1n) is 20.5. The number of benzene rings is 4. The van der Waals surface area contributed by atoms with Crippen molar-refractivity contribution in [2.24, 2.45) is 5.92 Å². The zero-order valence-electron chi connectivity index (χ0n) is 34.3. The van der Waals surface area contributed by atoms with Crippen LogP contribution < -0.4 is 5.32 Å². The Bertz CT molecular complexity index is 2440. The average molecular weight is 793 g/mol. The van der Waals surface area contributed by atoms with E-state index in [-0.39, 0.29) is 35.9 Å². The van der Waals surface area contributed by atoms with Crippen LogP contribution in [0.1, 0.15) is 74.9 Å². The number of imidazole rings is 2. The minimum absolute atomic E-state index is 0.0932. The Labute approximate surface area is 345 Å². The number of hydrogen-bond donors (Lipinski definition) is 3. The fourth-order valence-corrected chi connectivity index (χ4v) is 8.70. The van der Waals surface area contributed by atoms with Crippen molar-refractivity contribution in [3.8, 4) is 33.6 Å². The fourth-order valence-electron chi connectivity index (χ4n) is 8.70. The van der Waals surface area contributed by atoms with Gasteiger partial charge in [-0.15, -0.1) is 0 Å². The molecule has 6 aromatic rings. The molecule has 12 nitrogen and oxygen atoms in total. The average Bonchev–Trinajstić information content (AvgIpc) is 4.09. The van der Waals surface area contributed by atoms with E-state index in [9.17, 15) is 14.4 Å². The van der Waals surface area contributed by atoms with E-state index in [2.05, 4.69) is 75.9 Å². The second-order valence-corrected chi connectivity index (χ2v) is 16.2. The number of H-pyrrole nitrogens is 2. The van der Waals surface area contributed by atoms with Crippen molar-refractivity contribution in [3.63, 3.8) is 0 Å². The third-order valence-electron chi connectivity index (χ3n) is 11.8. The second-order valence-electron chi connectivity index (χ2n) is 16.2. The number of ether oxygens (including phenoxy) is 1. The molecule has 2 saturated heterocycles. The summed E-state index contributed by atoms with van der Waals surface area (Å²) in [5, 5.41) is 4.94. The van der Waals surface area contributed by atoms with E-state index in [1.807, 2.05) is 85.4 Å². The van der Waals surface area contributed by atoms with Crippen LogP contribution in [0.5, 0.6) is 0 Å². The second kappa shape index (κ2) is 16.9. The van der Waals surface area contributed by atoms with Gasteiger partial charge in [-0.25, -0.2) is 14.8 Å². The van der Waals surface area contributed by atoms with Crippen LogP contribution in [0.3, 0.4) is 0 Å². The molecule has 304 valence electrons. The molecule has 4 aromatic carbocycles. The summed E-state index contributed by atoms with van der Waals surface area (Å²) in [4.78, 5) is 61.9. The normalized spacial score (nSPS) is 17.8. The number of methoxy groups -OCH3 is 1. The maximum Gasteiger partial charge on any atom is 0.407 e. The highest BCUT2D eigenvalue weighted by molar-refractivity contribution is 5.91. The van der Waals surface area contributed by atoms with Crippen LogP contribution in [0.15, 0.2) is 103 Å². The highest BCUT2D eigenvalue weighted by Gasteiger charge is 2.38. The molecule has 0 bridgehead atoms. The van der Waals surface area contributed by atoms with Gasteiger partial charge in [0.05, 0.1) is 43.0 Å². The van der Waals surface area contributed by atoms with Crippen LogP contribution in [0.2, 0.25) is 0 Å². The third-order valence-corrected chi connectivity index (χ3v) is 11.8. The van der Waals surface area contributed by atoms with E-state index < -0.39 is 12.1 Å². The van der Waals surface area contributed by atoms with Gasteiger partial charge < -0.3 is 29.8 Å². The van der Waals surface area contributed by atoms with Gasteiger partial charge in [0.1, 0.15) is 23.7 Å². The molecule has 59 heavy (non-hydrogen) atoms. The Morgan fingerprint density at radius 1 is 0.712 bits per heavy atom. The lowest BCUT2D eigenvalue weighted by molar-refractivity contribution is -0.137. The van der Waals surface area contributed by atoms with Crippen LogP contribution in [0.4, 0.5) is 4.79 Å². The molecule has 0 spiro atoms. The molecular formula is C47H52N8O4. The highest BCUT2D eigenvalue weighted by Crippen LogP contribution is 2.37. The SMILES string of the molecule is COC(=O)N[C@H](C(=O)N1CCCC1c1ncc(-c2ccc3cc(-c4ccc(-c5cnc([C@@H]6CCCN6C(=O)[C@@H](c6ccccc6)N(C)C)[nH]5)cc4)ccc3c2)[nH]1)C(C)C. The Balaban J connectivity index is 0.944. The maximum absolute atomic E-state index is 13.9. The molecule has 2 aliphatic rings. The summed E-state index contributed by atoms with van der Waals surface area (Å²) in [6.45, 7) is 5.14. The number of likely N-dealkylation sites (N-methyl/N-ethyl adjacent to an activating group) is 1. The minimum atomic E-state index is -0.680. The molecule has 12 heteroatoms. The fraction of sp³-hybridized carbons (Fsp3) is 0.340. The zero-order valence-corrected chi connectivity index (χ0v) is 34.3. The van der Waals surface area contributed by atoms with E-state index in [4.69, 9.17) is 14.7 Å². The van der Waals surface area contributed by atoms with Gasteiger partial charge in [0.2, 0.25) is 11.8 Å². The molecule has 2 aliphatic heterocycles. The number of hydrogen-bond acceptors (Lipinski definition) is 7. The first kappa shape index (κ1) is 39.6. The lowest BCUT2D eigenvalue weighted by Crippen LogP contribution is -2.51. The Morgan fingerprint density at radius 3 is 1.81 bits per heavy atom. The topological polar surface area (TPSA) is 140 Å². The molecular weight excluding hydrogens is 741 g/mol. The number of carbonyl (C=O) groups excluding carboxylic acids is 3. The Morgan fingerprint density at radius 2 is 1.24 bits per heavy atom. The molecule has 0 radical (unpaired) electrons. The number of rotatable bonds is 11. The number of aromatic nitrogens is 4. The summed E-state index contributed by atoms with van der Waals surface area (Å²) in [5.74, 6) is 1.43. The van der Waals surface area contributed by atoms with Crippen LogP contribution >= 0.6 is 0 Å². The van der Waals surface area contributed by atoms with Crippen molar-refractivity contribution in [2.45, 2.75) is 63.7 Å². The lowest BCUT2D eigenvalue weighted by atomic mass is 9.98. The van der Waals surface area contributed by atoms with Gasteiger partial charge in [-0.05, 0) is 90.9 Å². The molecule has 0 saturated carbocycles. The van der Waals surface area contributed by atoms with Crippen molar-refractivity contribution in [3.05, 3.63) is 121 Å². The van der Waals surface area contributed by atoms with Crippen molar-refractivity contribution in [1.82, 2.24) is 40.0 Å².